The standard InChI is InChI=1S/C20H21N5O2S/c21-14(26)11-28-19-24-23-18-22-16-13-7-3-2-6-12(13)10-20(8-4-1-5-9-20)15(16)17(27)25(18)19/h2-3,6-7H,1,4-5,8-11H2,(H2,21,26)(H,22,23). The first kappa shape index (κ1) is 17.5. The molecule has 0 radical (unpaired) electrons. The molecule has 0 aliphatic heterocycles. The molecule has 1 fully saturated rings. The number of aromatic amines is 1. The maximum Gasteiger partial charge on any atom is 0.265 e. The van der Waals surface area contributed by atoms with Crippen LogP contribution in [0, 0.1) is 0 Å². The van der Waals surface area contributed by atoms with E-state index in [2.05, 4.69) is 22.3 Å². The number of thioether (sulfide) groups is 1. The lowest BCUT2D eigenvalue weighted by Gasteiger charge is -2.41. The van der Waals surface area contributed by atoms with Gasteiger partial charge in [-0.25, -0.2) is 14.5 Å². The van der Waals surface area contributed by atoms with Crippen molar-refractivity contribution < 1.29 is 4.79 Å². The topological polar surface area (TPSA) is 106 Å². The Balaban J connectivity index is 1.78. The molecule has 1 aromatic carbocycles. The molecular weight excluding hydrogens is 374 g/mol. The highest BCUT2D eigenvalue weighted by atomic mass is 32.2. The van der Waals surface area contributed by atoms with Crippen molar-refractivity contribution in [2.45, 2.75) is 49.1 Å². The normalized spacial score (nSPS) is 17.4. The number of primary amides is 1. The predicted molar refractivity (Wildman–Crippen MR) is 107 cm³/mol. The van der Waals surface area contributed by atoms with E-state index in [1.807, 2.05) is 12.1 Å². The van der Waals surface area contributed by atoms with Gasteiger partial charge in [-0.1, -0.05) is 55.3 Å². The summed E-state index contributed by atoms with van der Waals surface area (Å²) in [5.74, 6) is 0.0217. The van der Waals surface area contributed by atoms with Gasteiger partial charge in [-0.2, -0.15) is 0 Å². The van der Waals surface area contributed by atoms with Crippen LogP contribution in [-0.2, 0) is 16.6 Å². The van der Waals surface area contributed by atoms with Gasteiger partial charge in [-0.05, 0) is 24.8 Å². The van der Waals surface area contributed by atoms with E-state index in [9.17, 15) is 9.59 Å². The van der Waals surface area contributed by atoms with E-state index in [0.29, 0.717) is 10.9 Å². The highest BCUT2D eigenvalue weighted by Crippen LogP contribution is 2.48. The van der Waals surface area contributed by atoms with E-state index >= 15 is 0 Å². The van der Waals surface area contributed by atoms with Crippen LogP contribution in [0.5, 0.6) is 0 Å². The van der Waals surface area contributed by atoms with Crippen LogP contribution in [0.4, 0.5) is 0 Å². The summed E-state index contributed by atoms with van der Waals surface area (Å²) in [6, 6.07) is 8.25. The molecule has 7 nitrogen and oxygen atoms in total. The second kappa shape index (κ2) is 6.48. The third-order valence-corrected chi connectivity index (χ3v) is 6.97. The Morgan fingerprint density at radius 2 is 2.04 bits per heavy atom. The van der Waals surface area contributed by atoms with Crippen molar-refractivity contribution in [3.8, 4) is 11.3 Å². The first-order valence-electron chi connectivity index (χ1n) is 9.60. The van der Waals surface area contributed by atoms with Crippen LogP contribution in [0.2, 0.25) is 0 Å². The van der Waals surface area contributed by atoms with Gasteiger partial charge in [0.1, 0.15) is 0 Å². The number of nitrogens with one attached hydrogen (secondary N) is 1. The zero-order valence-corrected chi connectivity index (χ0v) is 16.2. The summed E-state index contributed by atoms with van der Waals surface area (Å²) < 4.78 is 1.51. The summed E-state index contributed by atoms with van der Waals surface area (Å²) >= 11 is 1.16. The number of hydrogen-bond donors (Lipinski definition) is 2. The molecule has 0 saturated heterocycles. The van der Waals surface area contributed by atoms with Crippen LogP contribution in [0.25, 0.3) is 17.0 Å². The maximum absolute atomic E-state index is 13.7. The van der Waals surface area contributed by atoms with Crippen molar-refractivity contribution in [1.82, 2.24) is 19.6 Å². The molecule has 0 bridgehead atoms. The third-order valence-electron chi connectivity index (χ3n) is 6.01. The van der Waals surface area contributed by atoms with Crippen molar-refractivity contribution >= 4 is 23.4 Å². The highest BCUT2D eigenvalue weighted by molar-refractivity contribution is 7.99. The Bertz CT molecular complexity index is 1140. The molecule has 5 rings (SSSR count). The first-order valence-corrected chi connectivity index (χ1v) is 10.6. The molecule has 1 saturated carbocycles. The average Bonchev–Trinajstić information content (AvgIpc) is 3.10. The third kappa shape index (κ3) is 2.58. The number of nitrogens with two attached hydrogens (primary N) is 1. The SMILES string of the molecule is NC(=O)CSc1n[nH]c2nc3c(c(=O)n12)C1(CCCCC1)Cc1ccccc1-3. The van der Waals surface area contributed by atoms with Gasteiger partial charge in [-0.3, -0.25) is 9.59 Å². The smallest absolute Gasteiger partial charge is 0.265 e. The second-order valence-electron chi connectivity index (χ2n) is 7.74. The summed E-state index contributed by atoms with van der Waals surface area (Å²) in [6.07, 6.45) is 6.33. The number of rotatable bonds is 3. The molecule has 2 heterocycles. The van der Waals surface area contributed by atoms with Gasteiger partial charge < -0.3 is 5.73 Å². The van der Waals surface area contributed by atoms with Crippen molar-refractivity contribution in [1.29, 1.82) is 0 Å². The van der Waals surface area contributed by atoms with Crippen LogP contribution >= 0.6 is 11.8 Å². The number of aromatic nitrogens is 4. The second-order valence-corrected chi connectivity index (χ2v) is 8.68. The number of H-pyrrole nitrogens is 1. The van der Waals surface area contributed by atoms with E-state index in [1.165, 1.54) is 16.4 Å². The van der Waals surface area contributed by atoms with Crippen LogP contribution in [0.1, 0.15) is 43.2 Å². The Hall–Kier alpha value is -2.61. The fraction of sp³-hybridized carbons (Fsp3) is 0.400. The number of benzene rings is 1. The number of nitrogens with zero attached hydrogens (tertiary/aromatic N) is 3. The molecule has 2 aliphatic carbocycles. The minimum atomic E-state index is -0.446. The zero-order chi connectivity index (χ0) is 19.3. The Labute approximate surface area is 165 Å². The zero-order valence-electron chi connectivity index (χ0n) is 15.4. The van der Waals surface area contributed by atoms with Crippen LogP contribution in [0.3, 0.4) is 0 Å². The Morgan fingerprint density at radius 1 is 1.25 bits per heavy atom. The van der Waals surface area contributed by atoms with E-state index in [1.54, 1.807) is 0 Å². The predicted octanol–water partition coefficient (Wildman–Crippen LogP) is 2.42. The summed E-state index contributed by atoms with van der Waals surface area (Å²) in [6.45, 7) is 0. The summed E-state index contributed by atoms with van der Waals surface area (Å²) in [7, 11) is 0. The van der Waals surface area contributed by atoms with Crippen LogP contribution in [-0.4, -0.2) is 31.2 Å². The molecule has 1 spiro atoms. The van der Waals surface area contributed by atoms with Crippen LogP contribution < -0.4 is 11.3 Å². The van der Waals surface area contributed by atoms with Gasteiger partial charge >= 0.3 is 0 Å². The monoisotopic (exact) mass is 395 g/mol. The lowest BCUT2D eigenvalue weighted by Crippen LogP contribution is -2.41. The van der Waals surface area contributed by atoms with Crippen molar-refractivity contribution in [2.75, 3.05) is 5.75 Å². The van der Waals surface area contributed by atoms with Gasteiger partial charge in [0.2, 0.25) is 11.7 Å². The van der Waals surface area contributed by atoms with Crippen LogP contribution in [0.15, 0.2) is 34.2 Å². The molecule has 144 valence electrons. The minimum absolute atomic E-state index is 0.0669. The van der Waals surface area contributed by atoms with Gasteiger partial charge in [-0.15, -0.1) is 5.10 Å². The maximum atomic E-state index is 13.7. The van der Waals surface area contributed by atoms with Crippen molar-refractivity contribution in [2.24, 2.45) is 5.73 Å². The molecule has 1 amide bonds. The molecule has 2 aromatic heterocycles. The fourth-order valence-electron chi connectivity index (χ4n) is 4.84. The number of hydrogen-bond acceptors (Lipinski definition) is 5. The van der Waals surface area contributed by atoms with E-state index in [-0.39, 0.29) is 16.7 Å². The first-order chi connectivity index (χ1) is 13.6. The summed E-state index contributed by atoms with van der Waals surface area (Å²) in [5.41, 5.74) is 8.91. The largest absolute Gasteiger partial charge is 0.369 e. The Kier molecular flexibility index (Phi) is 4.04. The average molecular weight is 395 g/mol. The number of amides is 1. The minimum Gasteiger partial charge on any atom is -0.369 e. The van der Waals surface area contributed by atoms with Crippen molar-refractivity contribution in [3.05, 3.63) is 45.7 Å². The van der Waals surface area contributed by atoms with Gasteiger partial charge in [0.05, 0.1) is 17.0 Å². The molecule has 0 unspecified atom stereocenters. The fourth-order valence-corrected chi connectivity index (χ4v) is 5.52. The van der Waals surface area contributed by atoms with E-state index < -0.39 is 5.91 Å². The summed E-state index contributed by atoms with van der Waals surface area (Å²) in [5, 5.41) is 7.50. The lowest BCUT2D eigenvalue weighted by atomic mass is 9.62. The molecule has 3 N–H and O–H groups in total. The molecule has 3 aromatic rings. The molecule has 8 heteroatoms. The quantitative estimate of drug-likeness (QED) is 0.663. The van der Waals surface area contributed by atoms with Gasteiger partial charge in [0, 0.05) is 11.0 Å². The van der Waals surface area contributed by atoms with Gasteiger partial charge in [0.25, 0.3) is 5.56 Å². The van der Waals surface area contributed by atoms with Gasteiger partial charge in [0.15, 0.2) is 5.16 Å². The van der Waals surface area contributed by atoms with Crippen molar-refractivity contribution in [3.63, 3.8) is 0 Å². The van der Waals surface area contributed by atoms with E-state index in [0.717, 1.165) is 60.7 Å². The Morgan fingerprint density at radius 3 is 2.82 bits per heavy atom. The number of carbonyl (C=O) groups excluding carboxylic acids is 1. The molecule has 28 heavy (non-hydrogen) atoms. The molecular formula is C20H21N5O2S. The number of carbonyl (C=O) groups is 1. The number of fused-ring (bicyclic) bond motifs is 5. The lowest BCUT2D eigenvalue weighted by molar-refractivity contribution is -0.115. The molecule has 0 atom stereocenters. The summed E-state index contributed by atoms with van der Waals surface area (Å²) in [4.78, 5) is 29.7. The highest BCUT2D eigenvalue weighted by Gasteiger charge is 2.43. The molecule has 2 aliphatic rings. The van der Waals surface area contributed by atoms with E-state index in [4.69, 9.17) is 10.7 Å².